The molecule has 2 atom stereocenters. The standard InChI is InChI=1S/C18H20N4O2/c1-11(13-6-4-3-5-7-13)19-12(2)17(23)20-14-8-9-15-16(10-14)22-18(24)21-15/h3-12,19H,1-2H3,(H,20,23)(H2,21,22,24)/t11-,12+/m0/s1. The first-order valence-corrected chi connectivity index (χ1v) is 7.87. The quantitative estimate of drug-likeness (QED) is 0.581. The van der Waals surface area contributed by atoms with Crippen molar-refractivity contribution in [1.82, 2.24) is 15.3 Å². The lowest BCUT2D eigenvalue weighted by molar-refractivity contribution is -0.117. The maximum Gasteiger partial charge on any atom is 0.323 e. The zero-order valence-electron chi connectivity index (χ0n) is 13.6. The fourth-order valence-electron chi connectivity index (χ4n) is 2.65. The topological polar surface area (TPSA) is 89.8 Å². The smallest absolute Gasteiger partial charge is 0.323 e. The molecule has 124 valence electrons. The highest BCUT2D eigenvalue weighted by atomic mass is 16.2. The van der Waals surface area contributed by atoms with E-state index in [1.54, 1.807) is 18.2 Å². The van der Waals surface area contributed by atoms with Crippen LogP contribution in [0.5, 0.6) is 0 Å². The second-order valence-corrected chi connectivity index (χ2v) is 5.85. The summed E-state index contributed by atoms with van der Waals surface area (Å²) in [5, 5.41) is 6.14. The normalized spacial score (nSPS) is 13.6. The molecule has 6 heteroatoms. The minimum absolute atomic E-state index is 0.0652. The summed E-state index contributed by atoms with van der Waals surface area (Å²) in [5.74, 6) is -0.130. The summed E-state index contributed by atoms with van der Waals surface area (Å²) in [7, 11) is 0. The number of aromatic amines is 2. The maximum absolute atomic E-state index is 12.4. The number of benzene rings is 2. The minimum atomic E-state index is -0.360. The largest absolute Gasteiger partial charge is 0.325 e. The van der Waals surface area contributed by atoms with Crippen LogP contribution in [0.1, 0.15) is 25.5 Å². The van der Waals surface area contributed by atoms with Gasteiger partial charge in [0.05, 0.1) is 17.1 Å². The Morgan fingerprint density at radius 3 is 2.46 bits per heavy atom. The van der Waals surface area contributed by atoms with E-state index in [4.69, 9.17) is 0 Å². The second-order valence-electron chi connectivity index (χ2n) is 5.85. The Bertz CT molecular complexity index is 898. The van der Waals surface area contributed by atoms with Gasteiger partial charge < -0.3 is 15.3 Å². The van der Waals surface area contributed by atoms with Crippen molar-refractivity contribution in [2.24, 2.45) is 0 Å². The number of aromatic nitrogens is 2. The fourth-order valence-corrected chi connectivity index (χ4v) is 2.65. The molecule has 3 aromatic rings. The summed E-state index contributed by atoms with van der Waals surface area (Å²) < 4.78 is 0. The monoisotopic (exact) mass is 324 g/mol. The van der Waals surface area contributed by atoms with Gasteiger partial charge in [-0.15, -0.1) is 0 Å². The summed E-state index contributed by atoms with van der Waals surface area (Å²) in [4.78, 5) is 29.0. The number of H-pyrrole nitrogens is 2. The number of hydrogen-bond donors (Lipinski definition) is 4. The number of carbonyl (C=O) groups excluding carboxylic acids is 1. The van der Waals surface area contributed by atoms with E-state index in [0.29, 0.717) is 16.7 Å². The van der Waals surface area contributed by atoms with Crippen LogP contribution in [0.4, 0.5) is 5.69 Å². The van der Waals surface area contributed by atoms with Gasteiger partial charge in [-0.3, -0.25) is 10.1 Å². The molecule has 0 aliphatic rings. The van der Waals surface area contributed by atoms with Crippen LogP contribution in [0.3, 0.4) is 0 Å². The molecule has 0 radical (unpaired) electrons. The highest BCUT2D eigenvalue weighted by Gasteiger charge is 2.16. The molecular formula is C18H20N4O2. The first-order valence-electron chi connectivity index (χ1n) is 7.87. The molecule has 2 aromatic carbocycles. The summed E-state index contributed by atoms with van der Waals surface area (Å²) in [6.07, 6.45) is 0. The number of amides is 1. The minimum Gasteiger partial charge on any atom is -0.325 e. The Kier molecular flexibility index (Phi) is 4.48. The number of carbonyl (C=O) groups is 1. The zero-order chi connectivity index (χ0) is 17.1. The molecule has 3 rings (SSSR count). The molecule has 0 fully saturated rings. The van der Waals surface area contributed by atoms with E-state index in [-0.39, 0.29) is 23.7 Å². The van der Waals surface area contributed by atoms with Gasteiger partial charge in [0.25, 0.3) is 0 Å². The van der Waals surface area contributed by atoms with Crippen LogP contribution in [0, 0.1) is 0 Å². The molecule has 0 bridgehead atoms. The lowest BCUT2D eigenvalue weighted by Crippen LogP contribution is -2.39. The molecule has 0 aliphatic heterocycles. The highest BCUT2D eigenvalue weighted by Crippen LogP contribution is 2.16. The van der Waals surface area contributed by atoms with Crippen molar-refractivity contribution in [1.29, 1.82) is 0 Å². The number of nitrogens with one attached hydrogen (secondary N) is 4. The fraction of sp³-hybridized carbons (Fsp3) is 0.222. The lowest BCUT2D eigenvalue weighted by Gasteiger charge is -2.20. The summed E-state index contributed by atoms with van der Waals surface area (Å²) in [5.41, 5.74) is 2.88. The molecule has 0 unspecified atom stereocenters. The zero-order valence-corrected chi connectivity index (χ0v) is 13.6. The van der Waals surface area contributed by atoms with Crippen LogP contribution in [0.2, 0.25) is 0 Å². The predicted molar refractivity (Wildman–Crippen MR) is 95.0 cm³/mol. The van der Waals surface area contributed by atoms with Gasteiger partial charge in [0.15, 0.2) is 0 Å². The van der Waals surface area contributed by atoms with E-state index in [9.17, 15) is 9.59 Å². The SMILES string of the molecule is C[C@H](N[C@H](C)C(=O)Nc1ccc2[nH]c(=O)[nH]c2c1)c1ccccc1. The number of anilines is 1. The first kappa shape index (κ1) is 16.0. The second kappa shape index (κ2) is 6.72. The maximum atomic E-state index is 12.4. The van der Waals surface area contributed by atoms with E-state index in [1.807, 2.05) is 44.2 Å². The van der Waals surface area contributed by atoms with Gasteiger partial charge in [-0.2, -0.15) is 0 Å². The molecule has 0 spiro atoms. The van der Waals surface area contributed by atoms with Crippen molar-refractivity contribution in [3.63, 3.8) is 0 Å². The number of fused-ring (bicyclic) bond motifs is 1. The van der Waals surface area contributed by atoms with Crippen molar-refractivity contribution < 1.29 is 4.79 Å². The highest BCUT2D eigenvalue weighted by molar-refractivity contribution is 5.96. The molecule has 0 aliphatic carbocycles. The van der Waals surface area contributed by atoms with Crippen LogP contribution in [-0.4, -0.2) is 21.9 Å². The van der Waals surface area contributed by atoms with Crippen molar-refractivity contribution >= 4 is 22.6 Å². The molecular weight excluding hydrogens is 304 g/mol. The van der Waals surface area contributed by atoms with E-state index < -0.39 is 0 Å². The molecule has 1 heterocycles. The predicted octanol–water partition coefficient (Wildman–Crippen LogP) is 2.53. The van der Waals surface area contributed by atoms with Gasteiger partial charge in [-0.05, 0) is 37.6 Å². The van der Waals surface area contributed by atoms with Gasteiger partial charge in [-0.1, -0.05) is 30.3 Å². The van der Waals surface area contributed by atoms with Crippen LogP contribution < -0.4 is 16.3 Å². The summed E-state index contributed by atoms with van der Waals surface area (Å²) in [6.45, 7) is 3.85. The van der Waals surface area contributed by atoms with Crippen LogP contribution in [0.15, 0.2) is 53.3 Å². The Morgan fingerprint density at radius 1 is 1.00 bits per heavy atom. The lowest BCUT2D eigenvalue weighted by atomic mass is 10.1. The molecule has 24 heavy (non-hydrogen) atoms. The Hall–Kier alpha value is -2.86. The molecule has 1 aromatic heterocycles. The number of imidazole rings is 1. The third-order valence-corrected chi connectivity index (χ3v) is 3.98. The molecule has 0 saturated heterocycles. The van der Waals surface area contributed by atoms with Crippen molar-refractivity contribution in [3.05, 3.63) is 64.6 Å². The van der Waals surface area contributed by atoms with Gasteiger partial charge >= 0.3 is 5.69 Å². The molecule has 6 nitrogen and oxygen atoms in total. The summed E-state index contributed by atoms with van der Waals surface area (Å²) >= 11 is 0. The Morgan fingerprint density at radius 2 is 1.71 bits per heavy atom. The van der Waals surface area contributed by atoms with Crippen molar-refractivity contribution in [2.45, 2.75) is 25.9 Å². The van der Waals surface area contributed by atoms with E-state index in [2.05, 4.69) is 20.6 Å². The average Bonchev–Trinajstić information content (AvgIpc) is 2.94. The number of hydrogen-bond acceptors (Lipinski definition) is 3. The van der Waals surface area contributed by atoms with Crippen molar-refractivity contribution in [3.8, 4) is 0 Å². The Balaban J connectivity index is 1.65. The van der Waals surface area contributed by atoms with E-state index in [1.165, 1.54) is 0 Å². The van der Waals surface area contributed by atoms with E-state index in [0.717, 1.165) is 5.56 Å². The van der Waals surface area contributed by atoms with E-state index >= 15 is 0 Å². The Labute approximate surface area is 139 Å². The number of rotatable bonds is 5. The van der Waals surface area contributed by atoms with Crippen molar-refractivity contribution in [2.75, 3.05) is 5.32 Å². The summed E-state index contributed by atoms with van der Waals surface area (Å²) in [6, 6.07) is 14.9. The van der Waals surface area contributed by atoms with Crippen LogP contribution in [-0.2, 0) is 4.79 Å². The molecule has 4 N–H and O–H groups in total. The van der Waals surface area contributed by atoms with Crippen LogP contribution in [0.25, 0.3) is 11.0 Å². The third-order valence-electron chi connectivity index (χ3n) is 3.98. The van der Waals surface area contributed by atoms with Crippen LogP contribution >= 0.6 is 0 Å². The molecule has 1 amide bonds. The average molecular weight is 324 g/mol. The van der Waals surface area contributed by atoms with Gasteiger partial charge in [0.1, 0.15) is 0 Å². The third kappa shape index (κ3) is 3.55. The molecule has 0 saturated carbocycles. The van der Waals surface area contributed by atoms with Gasteiger partial charge in [-0.25, -0.2) is 4.79 Å². The first-order chi connectivity index (χ1) is 11.5. The van der Waals surface area contributed by atoms with Gasteiger partial charge in [0.2, 0.25) is 5.91 Å². The van der Waals surface area contributed by atoms with Gasteiger partial charge in [0, 0.05) is 11.7 Å².